The Balaban J connectivity index is 1.44. The zero-order valence-corrected chi connectivity index (χ0v) is 12.2. The fourth-order valence-corrected chi connectivity index (χ4v) is 3.96. The third-order valence-electron chi connectivity index (χ3n) is 3.77. The highest BCUT2D eigenvalue weighted by Crippen LogP contribution is 2.37. The summed E-state index contributed by atoms with van der Waals surface area (Å²) in [5.41, 5.74) is 1.43. The molecule has 2 aliphatic rings. The molecule has 0 aromatic carbocycles. The van der Waals surface area contributed by atoms with Crippen molar-refractivity contribution in [3.63, 3.8) is 0 Å². The van der Waals surface area contributed by atoms with Gasteiger partial charge in [-0.3, -0.25) is 0 Å². The molecule has 1 unspecified atom stereocenters. The van der Waals surface area contributed by atoms with Crippen LogP contribution in [0, 0.1) is 5.92 Å². The van der Waals surface area contributed by atoms with Gasteiger partial charge >= 0.3 is 0 Å². The van der Waals surface area contributed by atoms with Crippen molar-refractivity contribution in [2.75, 3.05) is 19.8 Å². The molecule has 0 bridgehead atoms. The normalized spacial score (nSPS) is 23.1. The second-order valence-corrected chi connectivity index (χ2v) is 7.11. The van der Waals surface area contributed by atoms with Gasteiger partial charge in [-0.25, -0.2) is 0 Å². The molecule has 1 N–H and O–H groups in total. The first-order chi connectivity index (χ1) is 8.83. The van der Waals surface area contributed by atoms with E-state index in [9.17, 15) is 0 Å². The molecule has 1 aromatic rings. The van der Waals surface area contributed by atoms with Crippen LogP contribution in [0.5, 0.6) is 0 Å². The van der Waals surface area contributed by atoms with Gasteiger partial charge in [0.2, 0.25) is 0 Å². The van der Waals surface area contributed by atoms with Crippen molar-refractivity contribution in [3.05, 3.63) is 20.8 Å². The Morgan fingerprint density at radius 2 is 2.28 bits per heavy atom. The molecule has 0 radical (unpaired) electrons. The quantitative estimate of drug-likeness (QED) is 0.803. The minimum atomic E-state index is 0.488. The second kappa shape index (κ2) is 5.91. The number of rotatable bonds is 6. The molecule has 1 atom stereocenters. The summed E-state index contributed by atoms with van der Waals surface area (Å²) in [4.78, 5) is 1.47. The van der Waals surface area contributed by atoms with Crippen LogP contribution in [-0.4, -0.2) is 19.8 Å². The summed E-state index contributed by atoms with van der Waals surface area (Å²) in [6, 6.07) is 2.63. The molecule has 0 amide bonds. The molecule has 1 fully saturated rings. The number of fused-ring (bicyclic) bond motifs is 1. The van der Waals surface area contributed by atoms with Gasteiger partial charge in [-0.1, -0.05) is 11.6 Å². The summed E-state index contributed by atoms with van der Waals surface area (Å²) in [5.74, 6) is 0.863. The van der Waals surface area contributed by atoms with Crippen LogP contribution in [0.25, 0.3) is 0 Å². The molecule has 2 aliphatic carbocycles. The largest absolute Gasteiger partial charge is 0.380 e. The lowest BCUT2D eigenvalue weighted by Gasteiger charge is -2.23. The first-order valence-corrected chi connectivity index (χ1v) is 8.11. The first-order valence-electron chi connectivity index (χ1n) is 6.92. The van der Waals surface area contributed by atoms with Crippen LogP contribution in [0.4, 0.5) is 0 Å². The number of thiophene rings is 1. The molecule has 1 saturated carbocycles. The van der Waals surface area contributed by atoms with E-state index in [4.69, 9.17) is 16.3 Å². The van der Waals surface area contributed by atoms with Crippen LogP contribution < -0.4 is 5.32 Å². The Hall–Kier alpha value is -0.0900. The highest BCUT2D eigenvalue weighted by Gasteiger charge is 2.23. The van der Waals surface area contributed by atoms with Crippen LogP contribution in [0.1, 0.15) is 42.2 Å². The Kier molecular flexibility index (Phi) is 4.24. The molecule has 0 spiro atoms. The summed E-state index contributed by atoms with van der Waals surface area (Å²) < 4.78 is 6.59. The Morgan fingerprint density at radius 1 is 1.39 bits per heavy atom. The molecule has 3 rings (SSSR count). The zero-order chi connectivity index (χ0) is 12.4. The Morgan fingerprint density at radius 3 is 3.11 bits per heavy atom. The lowest BCUT2D eigenvalue weighted by molar-refractivity contribution is 0.123. The average molecular weight is 286 g/mol. The summed E-state index contributed by atoms with van der Waals surface area (Å²) in [6.07, 6.45) is 6.43. The molecule has 0 aliphatic heterocycles. The monoisotopic (exact) mass is 285 g/mol. The number of hydrogen-bond acceptors (Lipinski definition) is 3. The summed E-state index contributed by atoms with van der Waals surface area (Å²) in [7, 11) is 0. The van der Waals surface area contributed by atoms with E-state index in [0.717, 1.165) is 30.0 Å². The number of aryl methyl sites for hydroxylation is 1. The van der Waals surface area contributed by atoms with Crippen LogP contribution in [0.2, 0.25) is 4.34 Å². The summed E-state index contributed by atoms with van der Waals surface area (Å²) in [6.45, 7) is 2.74. The van der Waals surface area contributed by atoms with E-state index >= 15 is 0 Å². The summed E-state index contributed by atoms with van der Waals surface area (Å²) in [5, 5.41) is 3.61. The van der Waals surface area contributed by atoms with Crippen molar-refractivity contribution >= 4 is 22.9 Å². The van der Waals surface area contributed by atoms with E-state index in [0.29, 0.717) is 6.04 Å². The fraction of sp³-hybridized carbons (Fsp3) is 0.714. The van der Waals surface area contributed by atoms with Gasteiger partial charge in [0.25, 0.3) is 0 Å². The molecular formula is C14H20ClNOS. The maximum Gasteiger partial charge on any atom is 0.0934 e. The molecule has 0 saturated heterocycles. The molecule has 2 nitrogen and oxygen atoms in total. The molecule has 1 heterocycles. The van der Waals surface area contributed by atoms with Crippen molar-refractivity contribution < 1.29 is 4.74 Å². The van der Waals surface area contributed by atoms with E-state index in [2.05, 4.69) is 11.4 Å². The van der Waals surface area contributed by atoms with Crippen molar-refractivity contribution in [2.45, 2.75) is 38.1 Å². The van der Waals surface area contributed by atoms with Crippen LogP contribution in [0.3, 0.4) is 0 Å². The van der Waals surface area contributed by atoms with Gasteiger partial charge in [0.1, 0.15) is 0 Å². The van der Waals surface area contributed by atoms with Crippen molar-refractivity contribution in [1.29, 1.82) is 0 Å². The Labute approximate surface area is 118 Å². The smallest absolute Gasteiger partial charge is 0.0934 e. The van der Waals surface area contributed by atoms with Gasteiger partial charge < -0.3 is 10.1 Å². The maximum atomic E-state index is 6.11. The third kappa shape index (κ3) is 3.27. The average Bonchev–Trinajstić information content (AvgIpc) is 3.09. The van der Waals surface area contributed by atoms with Gasteiger partial charge in [0.15, 0.2) is 0 Å². The number of halogens is 1. The van der Waals surface area contributed by atoms with Gasteiger partial charge in [-0.05, 0) is 49.7 Å². The number of ether oxygens (including phenoxy) is 1. The highest BCUT2D eigenvalue weighted by atomic mass is 35.5. The van der Waals surface area contributed by atoms with E-state index in [1.54, 1.807) is 11.3 Å². The predicted molar refractivity (Wildman–Crippen MR) is 76.6 cm³/mol. The van der Waals surface area contributed by atoms with E-state index < -0.39 is 0 Å². The predicted octanol–water partition coefficient (Wildman–Crippen LogP) is 3.80. The zero-order valence-electron chi connectivity index (χ0n) is 10.6. The van der Waals surface area contributed by atoms with Crippen LogP contribution in [-0.2, 0) is 11.2 Å². The van der Waals surface area contributed by atoms with E-state index in [1.807, 2.05) is 0 Å². The topological polar surface area (TPSA) is 21.3 Å². The molecule has 18 heavy (non-hydrogen) atoms. The maximum absolute atomic E-state index is 6.11. The van der Waals surface area contributed by atoms with Crippen molar-refractivity contribution in [3.8, 4) is 0 Å². The van der Waals surface area contributed by atoms with E-state index in [-0.39, 0.29) is 0 Å². The van der Waals surface area contributed by atoms with Crippen molar-refractivity contribution in [1.82, 2.24) is 5.32 Å². The van der Waals surface area contributed by atoms with Crippen LogP contribution >= 0.6 is 22.9 Å². The van der Waals surface area contributed by atoms with Crippen LogP contribution in [0.15, 0.2) is 6.07 Å². The minimum Gasteiger partial charge on any atom is -0.380 e. The minimum absolute atomic E-state index is 0.488. The summed E-state index contributed by atoms with van der Waals surface area (Å²) >= 11 is 7.85. The lowest BCUT2D eigenvalue weighted by atomic mass is 9.94. The molecule has 1 aromatic heterocycles. The Bertz CT molecular complexity index is 402. The van der Waals surface area contributed by atoms with Crippen molar-refractivity contribution in [2.24, 2.45) is 5.92 Å². The molecule has 100 valence electrons. The van der Waals surface area contributed by atoms with Gasteiger partial charge in [-0.2, -0.15) is 0 Å². The van der Waals surface area contributed by atoms with Gasteiger partial charge in [0.05, 0.1) is 10.9 Å². The van der Waals surface area contributed by atoms with Gasteiger partial charge in [-0.15, -0.1) is 11.3 Å². The first kappa shape index (κ1) is 12.9. The van der Waals surface area contributed by atoms with Gasteiger partial charge in [0, 0.05) is 24.1 Å². The van der Waals surface area contributed by atoms with E-state index in [1.165, 1.54) is 42.5 Å². The second-order valence-electron chi connectivity index (χ2n) is 5.35. The number of hydrogen-bond donors (Lipinski definition) is 1. The number of nitrogens with one attached hydrogen (secondary N) is 1. The third-order valence-corrected chi connectivity index (χ3v) is 5.11. The highest BCUT2D eigenvalue weighted by molar-refractivity contribution is 7.16. The molecule has 4 heteroatoms. The standard InChI is InChI=1S/C14H20ClNOS/c15-14-8-11-12(2-1-3-13(11)18-14)16-6-7-17-9-10-4-5-10/h8,10,12,16H,1-7,9H2. The molecular weight excluding hydrogens is 266 g/mol. The SMILES string of the molecule is Clc1cc2c(s1)CCCC2NCCOCC1CC1. The fourth-order valence-electron chi connectivity index (χ4n) is 2.57. The lowest BCUT2D eigenvalue weighted by Crippen LogP contribution is -2.27.